The van der Waals surface area contributed by atoms with Gasteiger partial charge in [-0.25, -0.2) is 9.67 Å². The molecular weight excluding hydrogens is 380 g/mol. The minimum Gasteiger partial charge on any atom is -0.312 e. The number of hydrogen-bond acceptors (Lipinski definition) is 4. The van der Waals surface area contributed by atoms with Gasteiger partial charge in [-0.3, -0.25) is 4.79 Å². The van der Waals surface area contributed by atoms with E-state index in [2.05, 4.69) is 10.1 Å². The molecule has 0 N–H and O–H groups in total. The molecule has 4 rings (SSSR count). The fraction of sp³-hybridized carbons (Fsp3) is 0.150. The van der Waals surface area contributed by atoms with Crippen LogP contribution in [0.25, 0.3) is 15.3 Å². The summed E-state index contributed by atoms with van der Waals surface area (Å²) in [6.07, 6.45) is 3.48. The van der Waals surface area contributed by atoms with E-state index in [0.29, 0.717) is 10.7 Å². The molecule has 136 valence electrons. The number of thiazole rings is 1. The van der Waals surface area contributed by atoms with Crippen molar-refractivity contribution in [3.05, 3.63) is 71.5 Å². The number of anilines is 1. The average Bonchev–Trinajstić information content (AvgIpc) is 3.33. The van der Waals surface area contributed by atoms with E-state index in [1.54, 1.807) is 40.2 Å². The summed E-state index contributed by atoms with van der Waals surface area (Å²) < 4.78 is 2.80. The van der Waals surface area contributed by atoms with Gasteiger partial charge in [-0.1, -0.05) is 53.3 Å². The molecule has 1 amide bonds. The minimum atomic E-state index is -0.352. The number of likely N-dealkylation sites (N-methyl/N-ethyl adjacent to an activating group) is 1. The highest BCUT2D eigenvalue weighted by molar-refractivity contribution is 7.20. The van der Waals surface area contributed by atoms with E-state index in [0.717, 1.165) is 20.9 Å². The Hall–Kier alpha value is -2.70. The van der Waals surface area contributed by atoms with E-state index in [-0.39, 0.29) is 11.8 Å². The molecule has 7 heteroatoms. The molecule has 0 aliphatic carbocycles. The second-order valence-electron chi connectivity index (χ2n) is 6.25. The van der Waals surface area contributed by atoms with Crippen molar-refractivity contribution in [1.82, 2.24) is 14.8 Å². The van der Waals surface area contributed by atoms with Crippen LogP contribution in [-0.4, -0.2) is 27.7 Å². The Balaban J connectivity index is 1.58. The van der Waals surface area contributed by atoms with Crippen LogP contribution in [0.4, 0.5) is 5.69 Å². The van der Waals surface area contributed by atoms with Crippen molar-refractivity contribution in [1.29, 1.82) is 0 Å². The molecule has 0 spiro atoms. The van der Waals surface area contributed by atoms with Crippen LogP contribution in [-0.2, 0) is 4.79 Å². The minimum absolute atomic E-state index is 0.0491. The molecule has 5 nitrogen and oxygen atoms in total. The zero-order chi connectivity index (χ0) is 19.0. The number of carbonyl (C=O) groups excluding carboxylic acids is 1. The third-order valence-corrected chi connectivity index (χ3v) is 5.88. The molecule has 2 heterocycles. The maximum atomic E-state index is 12.9. The Labute approximate surface area is 165 Å². The molecule has 0 bridgehead atoms. The topological polar surface area (TPSA) is 51.0 Å². The Kier molecular flexibility index (Phi) is 4.68. The largest absolute Gasteiger partial charge is 0.312 e. The zero-order valence-electron chi connectivity index (χ0n) is 14.8. The van der Waals surface area contributed by atoms with Gasteiger partial charge in [0.2, 0.25) is 11.0 Å². The summed E-state index contributed by atoms with van der Waals surface area (Å²) in [7, 11) is 1.75. The summed E-state index contributed by atoms with van der Waals surface area (Å²) in [5.41, 5.74) is 2.46. The highest BCUT2D eigenvalue weighted by Gasteiger charge is 2.23. The lowest BCUT2D eigenvalue weighted by Crippen LogP contribution is -2.30. The molecule has 0 aliphatic rings. The predicted molar refractivity (Wildman–Crippen MR) is 110 cm³/mol. The number of fused-ring (bicyclic) bond motifs is 1. The Morgan fingerprint density at radius 2 is 1.93 bits per heavy atom. The van der Waals surface area contributed by atoms with Crippen molar-refractivity contribution >= 4 is 44.7 Å². The van der Waals surface area contributed by atoms with Crippen LogP contribution in [0.15, 0.2) is 60.9 Å². The fourth-order valence-electron chi connectivity index (χ4n) is 2.93. The van der Waals surface area contributed by atoms with Gasteiger partial charge in [-0.15, -0.1) is 0 Å². The molecule has 0 radical (unpaired) electrons. The van der Waals surface area contributed by atoms with Crippen molar-refractivity contribution in [3.8, 4) is 5.13 Å². The Morgan fingerprint density at radius 3 is 2.70 bits per heavy atom. The van der Waals surface area contributed by atoms with Gasteiger partial charge >= 0.3 is 0 Å². The van der Waals surface area contributed by atoms with Gasteiger partial charge in [0.15, 0.2) is 0 Å². The van der Waals surface area contributed by atoms with Crippen LogP contribution >= 0.6 is 22.9 Å². The quantitative estimate of drug-likeness (QED) is 0.493. The lowest BCUT2D eigenvalue weighted by molar-refractivity contribution is -0.119. The van der Waals surface area contributed by atoms with Crippen molar-refractivity contribution in [2.24, 2.45) is 0 Å². The third kappa shape index (κ3) is 3.34. The van der Waals surface area contributed by atoms with Gasteiger partial charge in [0.05, 0.1) is 34.2 Å². The molecule has 4 aromatic rings. The monoisotopic (exact) mass is 396 g/mol. The lowest BCUT2D eigenvalue weighted by atomic mass is 10.00. The van der Waals surface area contributed by atoms with E-state index in [1.165, 1.54) is 0 Å². The van der Waals surface area contributed by atoms with E-state index in [1.807, 2.05) is 55.6 Å². The molecule has 0 fully saturated rings. The van der Waals surface area contributed by atoms with Crippen molar-refractivity contribution in [3.63, 3.8) is 0 Å². The second-order valence-corrected chi connectivity index (χ2v) is 7.66. The first-order valence-electron chi connectivity index (χ1n) is 8.47. The summed E-state index contributed by atoms with van der Waals surface area (Å²) in [5, 5.41) is 5.74. The summed E-state index contributed by atoms with van der Waals surface area (Å²) in [6.45, 7) is 1.86. The maximum Gasteiger partial charge on any atom is 0.234 e. The normalized spacial score (nSPS) is 12.3. The van der Waals surface area contributed by atoms with Gasteiger partial charge in [0, 0.05) is 12.1 Å². The molecule has 0 aliphatic heterocycles. The first kappa shape index (κ1) is 17.7. The van der Waals surface area contributed by atoms with Crippen LogP contribution in [0.3, 0.4) is 0 Å². The smallest absolute Gasteiger partial charge is 0.234 e. The summed E-state index contributed by atoms with van der Waals surface area (Å²) in [6, 6.07) is 15.4. The molecule has 2 aromatic carbocycles. The number of para-hydroxylation sites is 1. The number of benzene rings is 2. The van der Waals surface area contributed by atoms with Crippen LogP contribution in [0, 0.1) is 0 Å². The summed E-state index contributed by atoms with van der Waals surface area (Å²) >= 11 is 7.80. The number of rotatable bonds is 4. The zero-order valence-corrected chi connectivity index (χ0v) is 16.4. The number of aromatic nitrogens is 3. The maximum absolute atomic E-state index is 12.9. The van der Waals surface area contributed by atoms with Crippen molar-refractivity contribution < 1.29 is 4.79 Å². The highest BCUT2D eigenvalue weighted by Crippen LogP contribution is 2.28. The van der Waals surface area contributed by atoms with Crippen LogP contribution in [0.2, 0.25) is 5.02 Å². The van der Waals surface area contributed by atoms with Gasteiger partial charge < -0.3 is 4.90 Å². The van der Waals surface area contributed by atoms with Crippen molar-refractivity contribution in [2.45, 2.75) is 12.8 Å². The van der Waals surface area contributed by atoms with E-state index in [4.69, 9.17) is 11.6 Å². The molecule has 0 saturated carbocycles. The summed E-state index contributed by atoms with van der Waals surface area (Å²) in [5.74, 6) is -0.401. The lowest BCUT2D eigenvalue weighted by Gasteiger charge is -2.20. The van der Waals surface area contributed by atoms with Crippen molar-refractivity contribution in [2.75, 3.05) is 11.9 Å². The number of carbonyl (C=O) groups is 1. The van der Waals surface area contributed by atoms with E-state index < -0.39 is 0 Å². The molecule has 1 atom stereocenters. The first-order valence-corrected chi connectivity index (χ1v) is 9.66. The molecule has 0 saturated heterocycles. The van der Waals surface area contributed by atoms with Gasteiger partial charge in [-0.2, -0.15) is 5.10 Å². The number of amides is 1. The number of nitrogens with zero attached hydrogens (tertiary/aromatic N) is 4. The SMILES string of the molecule is C[C@@H](C(=O)N(C)c1cnn(-c2nc3ccccc3s2)c1)c1ccccc1Cl. The molecule has 2 aromatic heterocycles. The van der Waals surface area contributed by atoms with E-state index in [9.17, 15) is 4.79 Å². The summed E-state index contributed by atoms with van der Waals surface area (Å²) in [4.78, 5) is 19.1. The van der Waals surface area contributed by atoms with Gasteiger partial charge in [-0.05, 0) is 30.7 Å². The Bertz CT molecular complexity index is 1090. The van der Waals surface area contributed by atoms with Gasteiger partial charge in [0.1, 0.15) is 0 Å². The molecular formula is C20H17ClN4OS. The second kappa shape index (κ2) is 7.13. The van der Waals surface area contributed by atoms with Crippen LogP contribution in [0.5, 0.6) is 0 Å². The fourth-order valence-corrected chi connectivity index (χ4v) is 4.12. The van der Waals surface area contributed by atoms with Crippen LogP contribution < -0.4 is 4.90 Å². The number of halogens is 1. The van der Waals surface area contributed by atoms with E-state index >= 15 is 0 Å². The average molecular weight is 397 g/mol. The highest BCUT2D eigenvalue weighted by atomic mass is 35.5. The molecule has 27 heavy (non-hydrogen) atoms. The predicted octanol–water partition coefficient (Wildman–Crippen LogP) is 4.90. The molecule has 0 unspecified atom stereocenters. The number of hydrogen-bond donors (Lipinski definition) is 0. The standard InChI is InChI=1S/C20H17ClN4OS/c1-13(15-7-3-4-8-16(15)21)19(26)24(2)14-11-22-25(12-14)20-23-17-9-5-6-10-18(17)27-20/h3-13H,1-2H3/t13-/m1/s1. The first-order chi connectivity index (χ1) is 13.0. The van der Waals surface area contributed by atoms with Gasteiger partial charge in [0.25, 0.3) is 0 Å². The third-order valence-electron chi connectivity index (χ3n) is 4.51. The Morgan fingerprint density at radius 1 is 1.19 bits per heavy atom. The van der Waals surface area contributed by atoms with Crippen LogP contribution in [0.1, 0.15) is 18.4 Å².